The molecule has 0 aliphatic carbocycles. The van der Waals surface area contributed by atoms with Crippen molar-refractivity contribution in [2.24, 2.45) is 0 Å². The maximum absolute atomic E-state index is 6.03. The number of aryl methyl sites for hydroxylation is 1. The van der Waals surface area contributed by atoms with E-state index >= 15 is 0 Å². The normalized spacial score (nSPS) is 10.1. The standard InChI is InChI=1S/C10H14ClNO/c1-3-7-5-6-8(13-4-2)10(12)9(7)11/h5-6H,3-4,12H2,1-2H3. The van der Waals surface area contributed by atoms with Crippen molar-refractivity contribution in [2.75, 3.05) is 12.3 Å². The van der Waals surface area contributed by atoms with Crippen LogP contribution in [0.15, 0.2) is 12.1 Å². The Morgan fingerprint density at radius 3 is 2.62 bits per heavy atom. The lowest BCUT2D eigenvalue weighted by Gasteiger charge is -2.10. The predicted octanol–water partition coefficient (Wildman–Crippen LogP) is 2.88. The molecular formula is C10H14ClNO. The summed E-state index contributed by atoms with van der Waals surface area (Å²) < 4.78 is 5.31. The zero-order valence-corrected chi connectivity index (χ0v) is 8.69. The lowest BCUT2D eigenvalue weighted by Crippen LogP contribution is -1.99. The highest BCUT2D eigenvalue weighted by Crippen LogP contribution is 2.32. The van der Waals surface area contributed by atoms with Crippen molar-refractivity contribution < 1.29 is 4.74 Å². The Bertz CT molecular complexity index is 299. The van der Waals surface area contributed by atoms with Crippen molar-refractivity contribution in [3.63, 3.8) is 0 Å². The summed E-state index contributed by atoms with van der Waals surface area (Å²) in [7, 11) is 0. The van der Waals surface area contributed by atoms with Crippen LogP contribution in [0.25, 0.3) is 0 Å². The number of rotatable bonds is 3. The average molecular weight is 200 g/mol. The molecule has 0 aromatic heterocycles. The maximum Gasteiger partial charge on any atom is 0.143 e. The summed E-state index contributed by atoms with van der Waals surface area (Å²) in [6.07, 6.45) is 0.884. The number of anilines is 1. The molecule has 0 fully saturated rings. The second-order valence-corrected chi connectivity index (χ2v) is 3.12. The van der Waals surface area contributed by atoms with Crippen LogP contribution in [0.5, 0.6) is 5.75 Å². The Morgan fingerprint density at radius 2 is 2.08 bits per heavy atom. The van der Waals surface area contributed by atoms with Gasteiger partial charge in [-0.1, -0.05) is 24.6 Å². The van der Waals surface area contributed by atoms with Crippen molar-refractivity contribution in [2.45, 2.75) is 20.3 Å². The zero-order valence-electron chi connectivity index (χ0n) is 7.93. The Morgan fingerprint density at radius 1 is 1.38 bits per heavy atom. The third kappa shape index (κ3) is 2.07. The van der Waals surface area contributed by atoms with Gasteiger partial charge in [-0.25, -0.2) is 0 Å². The average Bonchev–Trinajstić information content (AvgIpc) is 2.14. The van der Waals surface area contributed by atoms with E-state index in [0.717, 1.165) is 12.0 Å². The zero-order chi connectivity index (χ0) is 9.84. The van der Waals surface area contributed by atoms with Crippen LogP contribution in [-0.4, -0.2) is 6.61 Å². The van der Waals surface area contributed by atoms with Gasteiger partial charge in [-0.15, -0.1) is 0 Å². The van der Waals surface area contributed by atoms with Gasteiger partial charge in [0.1, 0.15) is 5.75 Å². The molecule has 0 atom stereocenters. The summed E-state index contributed by atoms with van der Waals surface area (Å²) in [4.78, 5) is 0. The SMILES string of the molecule is CCOc1ccc(CC)c(Cl)c1N. The highest BCUT2D eigenvalue weighted by molar-refractivity contribution is 6.34. The van der Waals surface area contributed by atoms with Gasteiger partial charge in [0.2, 0.25) is 0 Å². The molecule has 1 aromatic carbocycles. The maximum atomic E-state index is 6.03. The van der Waals surface area contributed by atoms with E-state index in [9.17, 15) is 0 Å². The molecule has 0 heterocycles. The van der Waals surface area contributed by atoms with E-state index in [1.165, 1.54) is 0 Å². The molecule has 0 saturated heterocycles. The van der Waals surface area contributed by atoms with Crippen molar-refractivity contribution >= 4 is 17.3 Å². The lowest BCUT2D eigenvalue weighted by molar-refractivity contribution is 0.342. The smallest absolute Gasteiger partial charge is 0.143 e. The quantitative estimate of drug-likeness (QED) is 0.760. The molecule has 0 aliphatic heterocycles. The Balaban J connectivity index is 3.07. The van der Waals surface area contributed by atoms with Crippen LogP contribution in [0.2, 0.25) is 5.02 Å². The van der Waals surface area contributed by atoms with Gasteiger partial charge in [0, 0.05) is 0 Å². The Hall–Kier alpha value is -0.890. The fourth-order valence-corrected chi connectivity index (χ4v) is 1.46. The van der Waals surface area contributed by atoms with Gasteiger partial charge >= 0.3 is 0 Å². The molecule has 0 aliphatic rings. The molecule has 2 N–H and O–H groups in total. The van der Waals surface area contributed by atoms with Crippen molar-refractivity contribution in [3.8, 4) is 5.75 Å². The summed E-state index contributed by atoms with van der Waals surface area (Å²) >= 11 is 6.03. The van der Waals surface area contributed by atoms with Crippen LogP contribution in [0.3, 0.4) is 0 Å². The number of hydrogen-bond donors (Lipinski definition) is 1. The molecule has 0 saturated carbocycles. The minimum atomic E-state index is 0.544. The third-order valence-corrected chi connectivity index (χ3v) is 2.35. The largest absolute Gasteiger partial charge is 0.492 e. The number of halogens is 1. The van der Waals surface area contributed by atoms with Crippen molar-refractivity contribution in [3.05, 3.63) is 22.7 Å². The van der Waals surface area contributed by atoms with E-state index in [2.05, 4.69) is 0 Å². The number of nitrogens with two attached hydrogens (primary N) is 1. The first kappa shape index (κ1) is 10.2. The van der Waals surface area contributed by atoms with Crippen LogP contribution in [0.1, 0.15) is 19.4 Å². The number of nitrogen functional groups attached to an aromatic ring is 1. The van der Waals surface area contributed by atoms with Gasteiger partial charge in [-0.2, -0.15) is 0 Å². The van der Waals surface area contributed by atoms with Gasteiger partial charge in [0.15, 0.2) is 0 Å². The van der Waals surface area contributed by atoms with Crippen LogP contribution in [-0.2, 0) is 6.42 Å². The molecule has 0 radical (unpaired) electrons. The van der Waals surface area contributed by atoms with E-state index in [1.807, 2.05) is 26.0 Å². The molecule has 72 valence electrons. The van der Waals surface area contributed by atoms with Crippen molar-refractivity contribution in [1.82, 2.24) is 0 Å². The van der Waals surface area contributed by atoms with E-state index < -0.39 is 0 Å². The van der Waals surface area contributed by atoms with Crippen LogP contribution in [0.4, 0.5) is 5.69 Å². The van der Waals surface area contributed by atoms with Gasteiger partial charge in [-0.3, -0.25) is 0 Å². The van der Waals surface area contributed by atoms with Crippen molar-refractivity contribution in [1.29, 1.82) is 0 Å². The number of ether oxygens (including phenoxy) is 1. The van der Waals surface area contributed by atoms with Gasteiger partial charge < -0.3 is 10.5 Å². The van der Waals surface area contributed by atoms with E-state index in [0.29, 0.717) is 23.1 Å². The highest BCUT2D eigenvalue weighted by atomic mass is 35.5. The molecule has 13 heavy (non-hydrogen) atoms. The van der Waals surface area contributed by atoms with E-state index in [-0.39, 0.29) is 0 Å². The molecule has 0 bridgehead atoms. The molecule has 1 rings (SSSR count). The van der Waals surface area contributed by atoms with Crippen LogP contribution < -0.4 is 10.5 Å². The monoisotopic (exact) mass is 199 g/mol. The molecule has 2 nitrogen and oxygen atoms in total. The summed E-state index contributed by atoms with van der Waals surface area (Å²) in [6, 6.07) is 3.81. The van der Waals surface area contributed by atoms with Gasteiger partial charge in [0.25, 0.3) is 0 Å². The minimum absolute atomic E-state index is 0.544. The third-order valence-electron chi connectivity index (χ3n) is 1.90. The fraction of sp³-hybridized carbons (Fsp3) is 0.400. The fourth-order valence-electron chi connectivity index (χ4n) is 1.17. The summed E-state index contributed by atoms with van der Waals surface area (Å²) in [5.41, 5.74) is 7.39. The summed E-state index contributed by atoms with van der Waals surface area (Å²) in [6.45, 7) is 4.56. The molecule has 1 aromatic rings. The second kappa shape index (κ2) is 4.38. The minimum Gasteiger partial charge on any atom is -0.492 e. The summed E-state index contributed by atoms with van der Waals surface area (Å²) in [5.74, 6) is 0.671. The molecule has 3 heteroatoms. The first-order valence-corrected chi connectivity index (χ1v) is 4.78. The van der Waals surface area contributed by atoms with Gasteiger partial charge in [-0.05, 0) is 25.0 Å². The Kier molecular flexibility index (Phi) is 3.43. The topological polar surface area (TPSA) is 35.2 Å². The molecule has 0 amide bonds. The van der Waals surface area contributed by atoms with Crippen LogP contribution in [0, 0.1) is 0 Å². The predicted molar refractivity (Wildman–Crippen MR) is 56.4 cm³/mol. The van der Waals surface area contributed by atoms with E-state index in [4.69, 9.17) is 22.1 Å². The molecule has 0 spiro atoms. The second-order valence-electron chi connectivity index (χ2n) is 2.74. The first-order valence-electron chi connectivity index (χ1n) is 4.40. The lowest BCUT2D eigenvalue weighted by atomic mass is 10.1. The molecule has 0 unspecified atom stereocenters. The number of hydrogen-bond acceptors (Lipinski definition) is 2. The van der Waals surface area contributed by atoms with Gasteiger partial charge in [0.05, 0.1) is 17.3 Å². The summed E-state index contributed by atoms with van der Waals surface area (Å²) in [5, 5.41) is 0.619. The Labute approximate surface area is 83.6 Å². The molecular weight excluding hydrogens is 186 g/mol. The van der Waals surface area contributed by atoms with Crippen LogP contribution >= 0.6 is 11.6 Å². The highest BCUT2D eigenvalue weighted by Gasteiger charge is 2.07. The van der Waals surface area contributed by atoms with E-state index in [1.54, 1.807) is 0 Å². The number of benzene rings is 1. The first-order chi connectivity index (χ1) is 6.20.